The van der Waals surface area contributed by atoms with E-state index in [2.05, 4.69) is 42.8 Å². The fourth-order valence-corrected chi connectivity index (χ4v) is 2.64. The molecule has 2 atom stereocenters. The fraction of sp³-hybridized carbons (Fsp3) is 0.294. The average Bonchev–Trinajstić information content (AvgIpc) is 2.53. The van der Waals surface area contributed by atoms with Gasteiger partial charge in [-0.2, -0.15) is 0 Å². The molecule has 0 aliphatic rings. The van der Waals surface area contributed by atoms with E-state index in [0.717, 1.165) is 5.56 Å². The predicted molar refractivity (Wildman–Crippen MR) is 86.0 cm³/mol. The summed E-state index contributed by atoms with van der Waals surface area (Å²) < 4.78 is 0. The summed E-state index contributed by atoms with van der Waals surface area (Å²) in [6.07, 6.45) is 2.08. The minimum atomic E-state index is -0.0357. The Morgan fingerprint density at radius 1 is 1.00 bits per heavy atom. The first kappa shape index (κ1) is 15.1. The van der Waals surface area contributed by atoms with Crippen LogP contribution in [-0.2, 0) is 0 Å². The van der Waals surface area contributed by atoms with Gasteiger partial charge in [-0.15, -0.1) is 11.8 Å². The van der Waals surface area contributed by atoms with Gasteiger partial charge in [0.2, 0.25) is 0 Å². The van der Waals surface area contributed by atoms with E-state index in [-0.39, 0.29) is 18.7 Å². The van der Waals surface area contributed by atoms with Gasteiger partial charge in [0.05, 0.1) is 12.6 Å². The highest BCUT2D eigenvalue weighted by molar-refractivity contribution is 7.98. The summed E-state index contributed by atoms with van der Waals surface area (Å²) in [4.78, 5) is 1.27. The Morgan fingerprint density at radius 2 is 1.65 bits per heavy atom. The van der Waals surface area contributed by atoms with Gasteiger partial charge in [0.1, 0.15) is 0 Å². The summed E-state index contributed by atoms with van der Waals surface area (Å²) in [6, 6.07) is 18.8. The highest BCUT2D eigenvalue weighted by Gasteiger charge is 2.14. The molecule has 0 amide bonds. The third-order valence-corrected chi connectivity index (χ3v) is 4.20. The van der Waals surface area contributed by atoms with Crippen molar-refractivity contribution in [1.82, 2.24) is 5.32 Å². The third-order valence-electron chi connectivity index (χ3n) is 3.45. The van der Waals surface area contributed by atoms with Crippen LogP contribution in [0.1, 0.15) is 30.1 Å². The molecule has 0 spiro atoms. The van der Waals surface area contributed by atoms with Gasteiger partial charge < -0.3 is 10.4 Å². The van der Waals surface area contributed by atoms with E-state index in [1.807, 2.05) is 30.3 Å². The molecule has 0 saturated heterocycles. The van der Waals surface area contributed by atoms with Crippen molar-refractivity contribution < 1.29 is 5.11 Å². The molecule has 0 aromatic heterocycles. The number of rotatable bonds is 6. The second-order valence-electron chi connectivity index (χ2n) is 4.81. The van der Waals surface area contributed by atoms with E-state index >= 15 is 0 Å². The molecule has 0 aliphatic heterocycles. The van der Waals surface area contributed by atoms with Crippen molar-refractivity contribution >= 4 is 11.8 Å². The molecule has 0 heterocycles. The Labute approximate surface area is 125 Å². The molecular formula is C17H21NOS. The molecule has 1 unspecified atom stereocenters. The zero-order valence-corrected chi connectivity index (χ0v) is 12.7. The summed E-state index contributed by atoms with van der Waals surface area (Å²) in [5, 5.41) is 13.1. The maximum atomic E-state index is 9.59. The fourth-order valence-electron chi connectivity index (χ4n) is 2.23. The molecule has 0 fully saturated rings. The average molecular weight is 287 g/mol. The largest absolute Gasteiger partial charge is 0.394 e. The summed E-state index contributed by atoms with van der Waals surface area (Å²) >= 11 is 1.74. The monoisotopic (exact) mass is 287 g/mol. The van der Waals surface area contributed by atoms with Crippen molar-refractivity contribution in [2.24, 2.45) is 0 Å². The van der Waals surface area contributed by atoms with Crippen LogP contribution in [0.25, 0.3) is 0 Å². The van der Waals surface area contributed by atoms with Gasteiger partial charge >= 0.3 is 0 Å². The lowest BCUT2D eigenvalue weighted by atomic mass is 10.0. The van der Waals surface area contributed by atoms with Crippen LogP contribution in [0.4, 0.5) is 0 Å². The number of benzene rings is 2. The maximum absolute atomic E-state index is 9.59. The quantitative estimate of drug-likeness (QED) is 0.793. The molecular weight excluding hydrogens is 266 g/mol. The van der Waals surface area contributed by atoms with Crippen molar-refractivity contribution in [3.05, 3.63) is 65.7 Å². The molecule has 2 aromatic carbocycles. The van der Waals surface area contributed by atoms with Crippen LogP contribution in [0.15, 0.2) is 59.5 Å². The minimum Gasteiger partial charge on any atom is -0.394 e. The number of thioether (sulfide) groups is 1. The van der Waals surface area contributed by atoms with Crippen molar-refractivity contribution in [2.75, 3.05) is 12.9 Å². The smallest absolute Gasteiger partial charge is 0.0626 e. The first-order valence-electron chi connectivity index (χ1n) is 6.80. The van der Waals surface area contributed by atoms with Crippen molar-refractivity contribution in [1.29, 1.82) is 0 Å². The minimum absolute atomic E-state index is 0.0357. The summed E-state index contributed by atoms with van der Waals surface area (Å²) in [5.74, 6) is 0. The van der Waals surface area contributed by atoms with Crippen LogP contribution >= 0.6 is 11.8 Å². The van der Waals surface area contributed by atoms with E-state index in [4.69, 9.17) is 0 Å². The van der Waals surface area contributed by atoms with Gasteiger partial charge in [-0.1, -0.05) is 42.5 Å². The number of hydrogen-bond donors (Lipinski definition) is 2. The molecule has 0 bridgehead atoms. The second-order valence-corrected chi connectivity index (χ2v) is 5.69. The first-order chi connectivity index (χ1) is 9.74. The lowest BCUT2D eigenvalue weighted by molar-refractivity contribution is 0.235. The number of aliphatic hydroxyl groups excluding tert-OH is 1. The zero-order valence-electron chi connectivity index (χ0n) is 11.9. The number of aliphatic hydroxyl groups is 1. The topological polar surface area (TPSA) is 32.3 Å². The maximum Gasteiger partial charge on any atom is 0.0626 e. The van der Waals surface area contributed by atoms with E-state index in [9.17, 15) is 5.11 Å². The molecule has 2 aromatic rings. The molecule has 0 aliphatic carbocycles. The van der Waals surface area contributed by atoms with Crippen LogP contribution < -0.4 is 5.32 Å². The third kappa shape index (κ3) is 3.85. The molecule has 106 valence electrons. The predicted octanol–water partition coefficient (Wildman–Crippen LogP) is 3.79. The lowest BCUT2D eigenvalue weighted by Crippen LogP contribution is -2.27. The summed E-state index contributed by atoms with van der Waals surface area (Å²) in [6.45, 7) is 2.22. The van der Waals surface area contributed by atoms with Crippen LogP contribution in [0, 0.1) is 0 Å². The van der Waals surface area contributed by atoms with Gasteiger partial charge in [0, 0.05) is 10.9 Å². The van der Waals surface area contributed by atoms with Crippen molar-refractivity contribution in [3.8, 4) is 0 Å². The number of hydrogen-bond acceptors (Lipinski definition) is 3. The van der Waals surface area contributed by atoms with E-state index in [0.29, 0.717) is 0 Å². The molecule has 2 N–H and O–H groups in total. The molecule has 0 saturated carbocycles. The van der Waals surface area contributed by atoms with Crippen molar-refractivity contribution in [3.63, 3.8) is 0 Å². The second kappa shape index (κ2) is 7.48. The summed E-state index contributed by atoms with van der Waals surface area (Å²) in [5.41, 5.74) is 2.35. The van der Waals surface area contributed by atoms with Gasteiger partial charge in [-0.3, -0.25) is 0 Å². The normalized spacial score (nSPS) is 13.9. The van der Waals surface area contributed by atoms with E-state index in [1.54, 1.807) is 11.8 Å². The van der Waals surface area contributed by atoms with Crippen LogP contribution in [0.2, 0.25) is 0 Å². The van der Waals surface area contributed by atoms with Crippen LogP contribution in [0.5, 0.6) is 0 Å². The van der Waals surface area contributed by atoms with Gasteiger partial charge in [0.25, 0.3) is 0 Å². The Kier molecular flexibility index (Phi) is 5.65. The van der Waals surface area contributed by atoms with Gasteiger partial charge in [-0.25, -0.2) is 0 Å². The Bertz CT molecular complexity index is 512. The lowest BCUT2D eigenvalue weighted by Gasteiger charge is -2.22. The number of nitrogens with one attached hydrogen (secondary N) is 1. The van der Waals surface area contributed by atoms with Crippen LogP contribution in [0.3, 0.4) is 0 Å². The highest BCUT2D eigenvalue weighted by atomic mass is 32.2. The van der Waals surface area contributed by atoms with E-state index < -0.39 is 0 Å². The Balaban J connectivity index is 2.06. The van der Waals surface area contributed by atoms with Crippen molar-refractivity contribution in [2.45, 2.75) is 23.9 Å². The molecule has 2 rings (SSSR count). The zero-order chi connectivity index (χ0) is 14.4. The van der Waals surface area contributed by atoms with Gasteiger partial charge in [0.15, 0.2) is 0 Å². The SMILES string of the molecule is CSc1ccc(C(C)N[C@@H](CO)c2ccccc2)cc1. The first-order valence-corrected chi connectivity index (χ1v) is 8.03. The Hall–Kier alpha value is -1.29. The van der Waals surface area contributed by atoms with Gasteiger partial charge in [-0.05, 0) is 36.4 Å². The molecule has 0 radical (unpaired) electrons. The van der Waals surface area contributed by atoms with E-state index in [1.165, 1.54) is 10.5 Å². The van der Waals surface area contributed by atoms with Crippen LogP contribution in [-0.4, -0.2) is 18.0 Å². The highest BCUT2D eigenvalue weighted by Crippen LogP contribution is 2.22. The molecule has 20 heavy (non-hydrogen) atoms. The molecule has 3 heteroatoms. The molecule has 2 nitrogen and oxygen atoms in total. The standard InChI is InChI=1S/C17H21NOS/c1-13(14-8-10-16(20-2)11-9-14)18-17(12-19)15-6-4-3-5-7-15/h3-11,13,17-19H,12H2,1-2H3/t13?,17-/m0/s1. The Morgan fingerprint density at radius 3 is 2.20 bits per heavy atom. The summed E-state index contributed by atoms with van der Waals surface area (Å²) in [7, 11) is 0.